The highest BCUT2D eigenvalue weighted by atomic mass is 15.1. The zero-order chi connectivity index (χ0) is 42.0. The van der Waals surface area contributed by atoms with E-state index in [-0.39, 0.29) is 0 Å². The summed E-state index contributed by atoms with van der Waals surface area (Å²) in [5.74, 6) is 0. The summed E-state index contributed by atoms with van der Waals surface area (Å²) >= 11 is 0. The lowest BCUT2D eigenvalue weighted by Crippen LogP contribution is -2.11. The molecule has 0 atom stereocenters. The third-order valence-electron chi connectivity index (χ3n) is 12.3. The first-order chi connectivity index (χ1) is 31.2. The molecule has 0 heterocycles. The van der Waals surface area contributed by atoms with Crippen molar-refractivity contribution >= 4 is 38.6 Å². The summed E-state index contributed by atoms with van der Waals surface area (Å²) in [6.45, 7) is 0. The number of nitrogens with zero attached hydrogens (tertiary/aromatic N) is 1. The standard InChI is InChI=1S/C62H43N/c1-3-14-44(15-4-1)45-28-32-52(33-29-45)58-22-11-12-25-61(58)63(54-39-34-47(35-40-54)46-26-30-51(31-27-46)57-24-13-20-48-18-7-9-21-56(48)57)55-41-36-53(37-42-55)62-59-23-10-8-19-50(59)38-43-60(62)49-16-5-2-6-17-49/h1-43H. The van der Waals surface area contributed by atoms with Crippen LogP contribution in [0.2, 0.25) is 0 Å². The van der Waals surface area contributed by atoms with Crippen molar-refractivity contribution < 1.29 is 0 Å². The third-order valence-corrected chi connectivity index (χ3v) is 12.3. The molecule has 11 aromatic rings. The Labute approximate surface area is 369 Å². The van der Waals surface area contributed by atoms with Gasteiger partial charge in [0, 0.05) is 16.9 Å². The Morgan fingerprint density at radius 2 is 0.603 bits per heavy atom. The van der Waals surface area contributed by atoms with Gasteiger partial charge in [-0.2, -0.15) is 0 Å². The fourth-order valence-corrected chi connectivity index (χ4v) is 9.15. The average molecular weight is 802 g/mol. The summed E-state index contributed by atoms with van der Waals surface area (Å²) in [7, 11) is 0. The molecule has 0 saturated heterocycles. The second-order valence-corrected chi connectivity index (χ2v) is 16.1. The number of fused-ring (bicyclic) bond motifs is 2. The zero-order valence-corrected chi connectivity index (χ0v) is 34.8. The molecule has 296 valence electrons. The molecule has 0 amide bonds. The van der Waals surface area contributed by atoms with Gasteiger partial charge in [-0.3, -0.25) is 0 Å². The van der Waals surface area contributed by atoms with E-state index in [1.54, 1.807) is 0 Å². The first-order valence-corrected chi connectivity index (χ1v) is 21.7. The third kappa shape index (κ3) is 7.37. The number of benzene rings is 11. The van der Waals surface area contributed by atoms with Crippen molar-refractivity contribution in [1.29, 1.82) is 0 Å². The minimum atomic E-state index is 1.08. The van der Waals surface area contributed by atoms with Gasteiger partial charge in [-0.1, -0.05) is 231 Å². The quantitative estimate of drug-likeness (QED) is 0.141. The normalized spacial score (nSPS) is 11.2. The second kappa shape index (κ2) is 16.7. The molecule has 0 saturated carbocycles. The Morgan fingerprint density at radius 1 is 0.206 bits per heavy atom. The zero-order valence-electron chi connectivity index (χ0n) is 34.8. The van der Waals surface area contributed by atoms with Crippen LogP contribution in [0.1, 0.15) is 0 Å². The van der Waals surface area contributed by atoms with Crippen molar-refractivity contribution in [2.75, 3.05) is 4.90 Å². The Balaban J connectivity index is 0.997. The van der Waals surface area contributed by atoms with E-state index in [0.29, 0.717) is 0 Å². The minimum Gasteiger partial charge on any atom is -0.310 e. The van der Waals surface area contributed by atoms with E-state index >= 15 is 0 Å². The molecule has 0 aliphatic rings. The smallest absolute Gasteiger partial charge is 0.0540 e. The van der Waals surface area contributed by atoms with Gasteiger partial charge in [-0.25, -0.2) is 0 Å². The van der Waals surface area contributed by atoms with Gasteiger partial charge in [-0.15, -0.1) is 0 Å². The van der Waals surface area contributed by atoms with Crippen LogP contribution in [0.5, 0.6) is 0 Å². The molecule has 0 fully saturated rings. The van der Waals surface area contributed by atoms with Gasteiger partial charge in [0.2, 0.25) is 0 Å². The summed E-state index contributed by atoms with van der Waals surface area (Å²) in [5, 5.41) is 5.00. The van der Waals surface area contributed by atoms with Crippen LogP contribution in [-0.2, 0) is 0 Å². The molecule has 1 heteroatoms. The molecule has 0 radical (unpaired) electrons. The van der Waals surface area contributed by atoms with Gasteiger partial charge in [0.25, 0.3) is 0 Å². The SMILES string of the molecule is c1ccc(-c2ccc(-c3ccccc3N(c3ccc(-c4ccc(-c5cccc6ccccc56)cc4)cc3)c3ccc(-c4c(-c5ccccc5)ccc5ccccc45)cc3)cc2)cc1. The largest absolute Gasteiger partial charge is 0.310 e. The molecule has 0 aliphatic heterocycles. The Hall–Kier alpha value is -8.26. The van der Waals surface area contributed by atoms with Gasteiger partial charge >= 0.3 is 0 Å². The molecule has 1 nitrogen and oxygen atoms in total. The molecule has 0 aliphatic carbocycles. The molecular formula is C62H43N. The predicted octanol–water partition coefficient (Wildman–Crippen LogP) is 17.5. The second-order valence-electron chi connectivity index (χ2n) is 16.1. The lowest BCUT2D eigenvalue weighted by Gasteiger charge is -2.28. The van der Waals surface area contributed by atoms with E-state index in [4.69, 9.17) is 0 Å². The highest BCUT2D eigenvalue weighted by Crippen LogP contribution is 2.44. The molecule has 0 spiro atoms. The maximum atomic E-state index is 2.40. The fraction of sp³-hybridized carbons (Fsp3) is 0. The lowest BCUT2D eigenvalue weighted by atomic mass is 9.89. The van der Waals surface area contributed by atoms with Crippen molar-refractivity contribution in [1.82, 2.24) is 0 Å². The molecule has 11 rings (SSSR count). The van der Waals surface area contributed by atoms with Gasteiger partial charge in [0.15, 0.2) is 0 Å². The first kappa shape index (κ1) is 37.7. The monoisotopic (exact) mass is 801 g/mol. The van der Waals surface area contributed by atoms with E-state index < -0.39 is 0 Å². The number of hydrogen-bond donors (Lipinski definition) is 0. The van der Waals surface area contributed by atoms with Crippen LogP contribution >= 0.6 is 0 Å². The molecule has 63 heavy (non-hydrogen) atoms. The highest BCUT2D eigenvalue weighted by molar-refractivity contribution is 6.04. The van der Waals surface area contributed by atoms with Gasteiger partial charge < -0.3 is 4.90 Å². The minimum absolute atomic E-state index is 1.08. The van der Waals surface area contributed by atoms with Crippen LogP contribution in [0.3, 0.4) is 0 Å². The summed E-state index contributed by atoms with van der Waals surface area (Å²) in [4.78, 5) is 2.40. The summed E-state index contributed by atoms with van der Waals surface area (Å²) < 4.78 is 0. The van der Waals surface area contributed by atoms with E-state index in [0.717, 1.165) is 28.2 Å². The van der Waals surface area contributed by atoms with Gasteiger partial charge in [0.1, 0.15) is 0 Å². The van der Waals surface area contributed by atoms with Crippen LogP contribution in [0.25, 0.3) is 88.3 Å². The van der Waals surface area contributed by atoms with Crippen molar-refractivity contribution in [2.24, 2.45) is 0 Å². The summed E-state index contributed by atoms with van der Waals surface area (Å²) in [5.41, 5.74) is 17.7. The van der Waals surface area contributed by atoms with Crippen LogP contribution in [-0.4, -0.2) is 0 Å². The first-order valence-electron chi connectivity index (χ1n) is 21.7. The van der Waals surface area contributed by atoms with E-state index in [1.165, 1.54) is 77.2 Å². The van der Waals surface area contributed by atoms with Crippen molar-refractivity contribution in [2.45, 2.75) is 0 Å². The van der Waals surface area contributed by atoms with E-state index in [9.17, 15) is 0 Å². The summed E-state index contributed by atoms with van der Waals surface area (Å²) in [6, 6.07) is 94.6. The van der Waals surface area contributed by atoms with Crippen LogP contribution in [0, 0.1) is 0 Å². The fourth-order valence-electron chi connectivity index (χ4n) is 9.15. The molecule has 0 bridgehead atoms. The molecule has 11 aromatic carbocycles. The maximum absolute atomic E-state index is 2.40. The molecule has 0 unspecified atom stereocenters. The number of hydrogen-bond acceptors (Lipinski definition) is 1. The lowest BCUT2D eigenvalue weighted by molar-refractivity contribution is 1.28. The van der Waals surface area contributed by atoms with E-state index in [1.807, 2.05) is 0 Å². The number of para-hydroxylation sites is 1. The van der Waals surface area contributed by atoms with Crippen molar-refractivity contribution in [3.05, 3.63) is 261 Å². The predicted molar refractivity (Wildman–Crippen MR) is 269 cm³/mol. The van der Waals surface area contributed by atoms with Gasteiger partial charge in [0.05, 0.1) is 5.69 Å². The highest BCUT2D eigenvalue weighted by Gasteiger charge is 2.19. The van der Waals surface area contributed by atoms with Crippen LogP contribution in [0.15, 0.2) is 261 Å². The van der Waals surface area contributed by atoms with Crippen molar-refractivity contribution in [3.8, 4) is 66.8 Å². The average Bonchev–Trinajstić information content (AvgIpc) is 3.37. The molecular weight excluding hydrogens is 759 g/mol. The van der Waals surface area contributed by atoms with Crippen LogP contribution < -0.4 is 4.90 Å². The van der Waals surface area contributed by atoms with Gasteiger partial charge in [-0.05, 0) is 113 Å². The number of anilines is 3. The topological polar surface area (TPSA) is 3.24 Å². The van der Waals surface area contributed by atoms with Crippen LogP contribution in [0.4, 0.5) is 17.1 Å². The Morgan fingerprint density at radius 3 is 1.24 bits per heavy atom. The summed E-state index contributed by atoms with van der Waals surface area (Å²) in [6.07, 6.45) is 0. The maximum Gasteiger partial charge on any atom is 0.0540 e. The molecule has 0 N–H and O–H groups in total. The Kier molecular flexibility index (Phi) is 9.97. The molecule has 0 aromatic heterocycles. The van der Waals surface area contributed by atoms with Crippen molar-refractivity contribution in [3.63, 3.8) is 0 Å². The Bertz CT molecular complexity index is 3330. The van der Waals surface area contributed by atoms with E-state index in [2.05, 4.69) is 266 Å². The number of rotatable bonds is 9.